The molecule has 0 saturated heterocycles. The Morgan fingerprint density at radius 1 is 0.381 bits per heavy atom. The molecule has 0 N–H and O–H groups in total. The Bertz CT molecular complexity index is 1630. The monoisotopic (exact) mass is 1200 g/mol. The zero-order valence-electron chi connectivity index (χ0n) is 54.6. The number of amides is 2. The molecule has 18 heteroatoms. The predicted octanol–water partition coefficient (Wildman–Crippen LogP) is 14.3. The first-order valence-electron chi connectivity index (χ1n) is 32.7. The second kappa shape index (κ2) is 57.0. The van der Waals surface area contributed by atoms with E-state index in [2.05, 4.69) is 38.2 Å². The van der Waals surface area contributed by atoms with Gasteiger partial charge >= 0.3 is 30.1 Å². The van der Waals surface area contributed by atoms with Crippen LogP contribution in [0, 0.1) is 0 Å². The average Bonchev–Trinajstić information content (AvgIpc) is 3.59. The van der Waals surface area contributed by atoms with Crippen molar-refractivity contribution < 1.29 is 76.1 Å². The fraction of sp³-hybridized carbons (Fsp3) is 0.864. The van der Waals surface area contributed by atoms with Gasteiger partial charge in [-0.25, -0.2) is 14.4 Å². The van der Waals surface area contributed by atoms with Crippen LogP contribution in [0.5, 0.6) is 0 Å². The Labute approximate surface area is 510 Å². The van der Waals surface area contributed by atoms with Gasteiger partial charge in [0.05, 0.1) is 59.4 Å². The molecule has 0 aliphatic carbocycles. The summed E-state index contributed by atoms with van der Waals surface area (Å²) in [4.78, 5) is 66.3. The first-order valence-corrected chi connectivity index (χ1v) is 32.7. The van der Waals surface area contributed by atoms with Crippen molar-refractivity contribution in [3.8, 4) is 0 Å². The van der Waals surface area contributed by atoms with E-state index in [0.717, 1.165) is 48.3 Å². The number of nitrogens with zero attached hydrogens (tertiary/aromatic N) is 2. The van der Waals surface area contributed by atoms with Gasteiger partial charge < -0.3 is 52.1 Å². The maximum atomic E-state index is 13.1. The lowest BCUT2D eigenvalue weighted by atomic mass is 10.1. The molecule has 0 aromatic carbocycles. The van der Waals surface area contributed by atoms with E-state index in [9.17, 15) is 24.0 Å². The third kappa shape index (κ3) is 56.0. The Morgan fingerprint density at radius 2 is 0.726 bits per heavy atom. The highest BCUT2D eigenvalue weighted by atomic mass is 16.6. The minimum Gasteiger partial charge on any atom is -0.462 e. The minimum absolute atomic E-state index is 0.0757. The van der Waals surface area contributed by atoms with Crippen LogP contribution in [0.4, 0.5) is 9.59 Å². The van der Waals surface area contributed by atoms with Gasteiger partial charge in [-0.3, -0.25) is 19.4 Å². The summed E-state index contributed by atoms with van der Waals surface area (Å²) in [6.07, 6.45) is 41.8. The Morgan fingerprint density at radius 3 is 1.13 bits per heavy atom. The van der Waals surface area contributed by atoms with Gasteiger partial charge in [-0.1, -0.05) is 154 Å². The molecule has 0 aromatic rings. The molecule has 18 nitrogen and oxygen atoms in total. The minimum atomic E-state index is -0.856. The van der Waals surface area contributed by atoms with Gasteiger partial charge in [0.25, 0.3) is 0 Å². The number of carbonyl (C=O) groups excluding carboxylic acids is 5. The van der Waals surface area contributed by atoms with Gasteiger partial charge in [0.2, 0.25) is 0 Å². The summed E-state index contributed by atoms with van der Waals surface area (Å²) >= 11 is 0. The lowest BCUT2D eigenvalue weighted by Gasteiger charge is -2.27. The number of methoxy groups -OCH3 is 1. The molecule has 2 amide bonds. The summed E-state index contributed by atoms with van der Waals surface area (Å²) < 4.78 is 60.8. The molecule has 0 fully saturated rings. The van der Waals surface area contributed by atoms with Gasteiger partial charge in [-0.15, -0.1) is 0 Å². The molecular weight excluding hydrogens is 1080 g/mol. The second-order valence-corrected chi connectivity index (χ2v) is 23.6. The van der Waals surface area contributed by atoms with E-state index < -0.39 is 60.5 Å². The lowest BCUT2D eigenvalue weighted by Crippen LogP contribution is -2.43. The highest BCUT2D eigenvalue weighted by Crippen LogP contribution is 2.15. The van der Waals surface area contributed by atoms with E-state index in [-0.39, 0.29) is 79.2 Å². The molecule has 0 saturated carbocycles. The molecule has 0 radical (unpaired) electrons. The number of rotatable bonds is 58. The molecule has 0 spiro atoms. The van der Waals surface area contributed by atoms with Crippen molar-refractivity contribution in [1.29, 1.82) is 0 Å². The molecule has 492 valence electrons. The van der Waals surface area contributed by atoms with E-state index in [1.54, 1.807) is 41.5 Å². The highest BCUT2D eigenvalue weighted by molar-refractivity contribution is 5.79. The van der Waals surface area contributed by atoms with Crippen molar-refractivity contribution >= 4 is 30.1 Å². The summed E-state index contributed by atoms with van der Waals surface area (Å²) in [6, 6.07) is 0. The molecular formula is C66H122N2O16. The SMILES string of the molecule is CCCCCCCC/C=C\CCCCCCCCOCC(OCCCCCCCC/C=C\CCCCCCCC)C(=O)OCCOCCOCCOCCOC(=O)CN(CCOC(=O)CN(CCOC)C(=O)OC(C)(C)C)C(=O)OC(C)(C)C. The number of esters is 3. The largest absolute Gasteiger partial charge is 0.462 e. The van der Waals surface area contributed by atoms with Crippen LogP contribution in [-0.4, -0.2) is 176 Å². The Balaban J connectivity index is 4.60. The number of allylic oxidation sites excluding steroid dienone is 4. The molecule has 0 aliphatic heterocycles. The number of carbonyl (C=O) groups is 5. The van der Waals surface area contributed by atoms with Gasteiger partial charge in [0, 0.05) is 26.9 Å². The van der Waals surface area contributed by atoms with Crippen LogP contribution >= 0.6 is 0 Å². The van der Waals surface area contributed by atoms with Crippen molar-refractivity contribution in [2.45, 2.75) is 252 Å². The zero-order chi connectivity index (χ0) is 62.0. The molecule has 0 heterocycles. The van der Waals surface area contributed by atoms with E-state index in [4.69, 9.17) is 52.1 Å². The van der Waals surface area contributed by atoms with Crippen LogP contribution in [0.1, 0.15) is 235 Å². The summed E-state index contributed by atoms with van der Waals surface area (Å²) in [7, 11) is 1.47. The molecule has 84 heavy (non-hydrogen) atoms. The maximum Gasteiger partial charge on any atom is 0.410 e. The number of hydrogen-bond donors (Lipinski definition) is 0. The van der Waals surface area contributed by atoms with Crippen molar-refractivity contribution in [2.24, 2.45) is 0 Å². The fourth-order valence-corrected chi connectivity index (χ4v) is 8.45. The quantitative estimate of drug-likeness (QED) is 0.0241. The van der Waals surface area contributed by atoms with Gasteiger partial charge in [-0.05, 0) is 106 Å². The van der Waals surface area contributed by atoms with Crippen molar-refractivity contribution in [2.75, 3.05) is 119 Å². The smallest absolute Gasteiger partial charge is 0.410 e. The Hall–Kier alpha value is -3.81. The maximum absolute atomic E-state index is 13.1. The van der Waals surface area contributed by atoms with Crippen LogP contribution in [0.2, 0.25) is 0 Å². The van der Waals surface area contributed by atoms with Crippen molar-refractivity contribution in [3.05, 3.63) is 24.3 Å². The number of ether oxygens (including phenoxy) is 11. The van der Waals surface area contributed by atoms with E-state index >= 15 is 0 Å². The van der Waals surface area contributed by atoms with Crippen LogP contribution < -0.4 is 0 Å². The zero-order valence-corrected chi connectivity index (χ0v) is 54.6. The molecule has 0 bridgehead atoms. The third-order valence-corrected chi connectivity index (χ3v) is 13.1. The first-order chi connectivity index (χ1) is 40.5. The standard InChI is InChI=1S/C66H122N2O16/c1-10-12-14-16-18-20-22-24-26-28-30-32-34-36-38-40-44-78-58-59(79-45-41-39-37-35-33-31-29-27-25-23-21-19-17-15-13-11-2)62(71)82-55-53-77-51-49-75-48-50-76-52-54-81-61(70)57-68(64(73)84-66(6,7)8)43-47-80-60(69)56-67(42-46-74-9)63(72)83-65(3,4)5/h24-27,59H,10-23,28-58H2,1-9H3/b26-24-,27-25-. The van der Waals surface area contributed by atoms with Crippen molar-refractivity contribution in [3.63, 3.8) is 0 Å². The highest BCUT2D eigenvalue weighted by Gasteiger charge is 2.27. The van der Waals surface area contributed by atoms with Gasteiger partial charge in [0.1, 0.15) is 44.1 Å². The normalized spacial score (nSPS) is 12.2. The predicted molar refractivity (Wildman–Crippen MR) is 332 cm³/mol. The molecule has 0 aliphatic rings. The number of hydrogen-bond acceptors (Lipinski definition) is 16. The first kappa shape index (κ1) is 80.2. The second-order valence-electron chi connectivity index (χ2n) is 23.6. The van der Waals surface area contributed by atoms with Crippen LogP contribution in [-0.2, 0) is 66.5 Å². The molecule has 0 rings (SSSR count). The fourth-order valence-electron chi connectivity index (χ4n) is 8.45. The summed E-state index contributed by atoms with van der Waals surface area (Å²) in [5, 5.41) is 0. The number of unbranched alkanes of at least 4 members (excludes halogenated alkanes) is 24. The summed E-state index contributed by atoms with van der Waals surface area (Å²) in [5.41, 5.74) is -1.63. The lowest BCUT2D eigenvalue weighted by molar-refractivity contribution is -0.163. The van der Waals surface area contributed by atoms with Crippen LogP contribution in [0.3, 0.4) is 0 Å². The molecule has 1 unspecified atom stereocenters. The summed E-state index contributed by atoms with van der Waals surface area (Å²) in [5.74, 6) is -1.90. The average molecular weight is 1200 g/mol. The topological polar surface area (TPSA) is 193 Å². The van der Waals surface area contributed by atoms with E-state index in [1.165, 1.54) is 148 Å². The van der Waals surface area contributed by atoms with E-state index in [0.29, 0.717) is 19.8 Å². The van der Waals surface area contributed by atoms with Crippen LogP contribution in [0.25, 0.3) is 0 Å². The van der Waals surface area contributed by atoms with Crippen LogP contribution in [0.15, 0.2) is 24.3 Å². The molecule has 0 aromatic heterocycles. The van der Waals surface area contributed by atoms with Crippen molar-refractivity contribution in [1.82, 2.24) is 9.80 Å². The Kier molecular flexibility index (Phi) is 54.4. The molecule has 1 atom stereocenters. The summed E-state index contributed by atoms with van der Waals surface area (Å²) in [6.45, 7) is 16.3. The van der Waals surface area contributed by atoms with Gasteiger partial charge in [0.15, 0.2) is 6.10 Å². The van der Waals surface area contributed by atoms with E-state index in [1.807, 2.05) is 0 Å². The van der Waals surface area contributed by atoms with Gasteiger partial charge in [-0.2, -0.15) is 0 Å². The third-order valence-electron chi connectivity index (χ3n) is 13.1.